The molecule has 2 N–H and O–H groups in total. The molecule has 1 atom stereocenters. The van der Waals surface area contributed by atoms with Gasteiger partial charge in [-0.2, -0.15) is 5.10 Å². The van der Waals surface area contributed by atoms with Gasteiger partial charge in [-0.05, 0) is 30.5 Å². The molecule has 0 aliphatic rings. The quantitative estimate of drug-likeness (QED) is 0.867. The lowest BCUT2D eigenvalue weighted by Crippen LogP contribution is -2.19. The summed E-state index contributed by atoms with van der Waals surface area (Å²) in [7, 11) is 1.69. The summed E-state index contributed by atoms with van der Waals surface area (Å²) in [5.74, 6) is 0.888. The molecule has 0 fully saturated rings. The number of ether oxygens (including phenoxy) is 1. The first-order valence-corrected chi connectivity index (χ1v) is 6.65. The molecule has 1 unspecified atom stereocenters. The van der Waals surface area contributed by atoms with Crippen molar-refractivity contribution in [2.75, 3.05) is 7.11 Å². The molecule has 0 spiro atoms. The summed E-state index contributed by atoms with van der Waals surface area (Å²) in [5, 5.41) is 4.32. The standard InChI is InChI=1S/C15H21N3O/c1-3-10-18-14(8-9-17-18)13(16)11-12-6-4-5-7-15(12)19-2/h4-9,13H,3,10-11,16H2,1-2H3. The van der Waals surface area contributed by atoms with Crippen molar-refractivity contribution in [3.8, 4) is 5.75 Å². The third kappa shape index (κ3) is 3.15. The summed E-state index contributed by atoms with van der Waals surface area (Å²) in [5.41, 5.74) is 8.51. The summed E-state index contributed by atoms with van der Waals surface area (Å²) in [4.78, 5) is 0. The van der Waals surface area contributed by atoms with E-state index in [-0.39, 0.29) is 6.04 Å². The molecular formula is C15H21N3O. The van der Waals surface area contributed by atoms with Crippen LogP contribution < -0.4 is 10.5 Å². The number of hydrogen-bond donors (Lipinski definition) is 1. The van der Waals surface area contributed by atoms with Crippen molar-refractivity contribution in [1.82, 2.24) is 9.78 Å². The highest BCUT2D eigenvalue weighted by Crippen LogP contribution is 2.23. The lowest BCUT2D eigenvalue weighted by atomic mass is 10.0. The minimum absolute atomic E-state index is 0.0645. The third-order valence-electron chi connectivity index (χ3n) is 3.20. The van der Waals surface area contributed by atoms with Crippen LogP contribution in [0.25, 0.3) is 0 Å². The maximum absolute atomic E-state index is 6.31. The van der Waals surface area contributed by atoms with Crippen molar-refractivity contribution in [3.05, 3.63) is 47.8 Å². The Morgan fingerprint density at radius 3 is 2.84 bits per heavy atom. The SMILES string of the molecule is CCCn1nccc1C(N)Cc1ccccc1OC. The molecule has 2 aromatic rings. The van der Waals surface area contributed by atoms with Crippen molar-refractivity contribution in [2.24, 2.45) is 5.73 Å². The number of nitrogens with two attached hydrogens (primary N) is 1. The first-order valence-electron chi connectivity index (χ1n) is 6.65. The monoisotopic (exact) mass is 259 g/mol. The normalized spacial score (nSPS) is 12.4. The zero-order valence-electron chi connectivity index (χ0n) is 11.5. The van der Waals surface area contributed by atoms with Gasteiger partial charge in [0.25, 0.3) is 0 Å². The largest absolute Gasteiger partial charge is 0.496 e. The lowest BCUT2D eigenvalue weighted by molar-refractivity contribution is 0.407. The molecule has 102 valence electrons. The van der Waals surface area contributed by atoms with E-state index in [1.165, 1.54) is 0 Å². The van der Waals surface area contributed by atoms with Crippen LogP contribution in [0.2, 0.25) is 0 Å². The van der Waals surface area contributed by atoms with Crippen LogP contribution in [0.5, 0.6) is 5.75 Å². The zero-order valence-corrected chi connectivity index (χ0v) is 11.5. The number of methoxy groups -OCH3 is 1. The van der Waals surface area contributed by atoms with Crippen LogP contribution in [0.1, 0.15) is 30.6 Å². The van der Waals surface area contributed by atoms with Gasteiger partial charge in [0, 0.05) is 12.7 Å². The van der Waals surface area contributed by atoms with Crippen molar-refractivity contribution in [3.63, 3.8) is 0 Å². The molecule has 2 rings (SSSR count). The molecule has 4 heteroatoms. The number of aromatic nitrogens is 2. The average Bonchev–Trinajstić information content (AvgIpc) is 2.88. The second-order valence-corrected chi connectivity index (χ2v) is 4.60. The van der Waals surface area contributed by atoms with Crippen LogP contribution in [-0.2, 0) is 13.0 Å². The Balaban J connectivity index is 2.16. The summed E-state index contributed by atoms with van der Waals surface area (Å²) < 4.78 is 7.35. The van der Waals surface area contributed by atoms with Crippen LogP contribution in [0.4, 0.5) is 0 Å². The Hall–Kier alpha value is -1.81. The van der Waals surface area contributed by atoms with E-state index in [1.807, 2.05) is 35.1 Å². The fraction of sp³-hybridized carbons (Fsp3) is 0.400. The summed E-state index contributed by atoms with van der Waals surface area (Å²) in [6, 6.07) is 9.93. The van der Waals surface area contributed by atoms with Crippen molar-refractivity contribution < 1.29 is 4.74 Å². The Kier molecular flexibility index (Phi) is 4.58. The minimum atomic E-state index is -0.0645. The lowest BCUT2D eigenvalue weighted by Gasteiger charge is -2.15. The van der Waals surface area contributed by atoms with Crippen LogP contribution in [0.15, 0.2) is 36.5 Å². The summed E-state index contributed by atoms with van der Waals surface area (Å²) >= 11 is 0. The highest BCUT2D eigenvalue weighted by atomic mass is 16.5. The van der Waals surface area contributed by atoms with Crippen LogP contribution >= 0.6 is 0 Å². The molecule has 19 heavy (non-hydrogen) atoms. The molecule has 0 saturated carbocycles. The van der Waals surface area contributed by atoms with E-state index >= 15 is 0 Å². The highest BCUT2D eigenvalue weighted by molar-refractivity contribution is 5.34. The number of nitrogens with zero attached hydrogens (tertiary/aromatic N) is 2. The molecule has 1 heterocycles. The van der Waals surface area contributed by atoms with E-state index in [2.05, 4.69) is 18.1 Å². The predicted molar refractivity (Wildman–Crippen MR) is 76.1 cm³/mol. The van der Waals surface area contributed by atoms with E-state index in [9.17, 15) is 0 Å². The Morgan fingerprint density at radius 2 is 2.11 bits per heavy atom. The number of aryl methyl sites for hydroxylation is 1. The molecular weight excluding hydrogens is 238 g/mol. The number of benzene rings is 1. The van der Waals surface area contributed by atoms with Gasteiger partial charge < -0.3 is 10.5 Å². The first-order chi connectivity index (χ1) is 9.26. The first kappa shape index (κ1) is 13.6. The van der Waals surface area contributed by atoms with Gasteiger partial charge in [-0.25, -0.2) is 0 Å². The van der Waals surface area contributed by atoms with E-state index in [0.29, 0.717) is 0 Å². The van der Waals surface area contributed by atoms with E-state index in [1.54, 1.807) is 7.11 Å². The third-order valence-corrected chi connectivity index (χ3v) is 3.20. The van der Waals surface area contributed by atoms with Gasteiger partial charge in [0.2, 0.25) is 0 Å². The van der Waals surface area contributed by atoms with Crippen LogP contribution in [0, 0.1) is 0 Å². The highest BCUT2D eigenvalue weighted by Gasteiger charge is 2.14. The molecule has 0 aliphatic heterocycles. The number of rotatable bonds is 6. The smallest absolute Gasteiger partial charge is 0.122 e. The average molecular weight is 259 g/mol. The van der Waals surface area contributed by atoms with E-state index in [0.717, 1.165) is 36.4 Å². The zero-order chi connectivity index (χ0) is 13.7. The van der Waals surface area contributed by atoms with E-state index in [4.69, 9.17) is 10.5 Å². The number of para-hydroxylation sites is 1. The fourth-order valence-electron chi connectivity index (χ4n) is 2.27. The summed E-state index contributed by atoms with van der Waals surface area (Å²) in [6.07, 6.45) is 3.61. The Labute approximate surface area is 114 Å². The molecule has 1 aromatic heterocycles. The minimum Gasteiger partial charge on any atom is -0.496 e. The maximum Gasteiger partial charge on any atom is 0.122 e. The van der Waals surface area contributed by atoms with Gasteiger partial charge in [-0.3, -0.25) is 4.68 Å². The second-order valence-electron chi connectivity index (χ2n) is 4.60. The van der Waals surface area contributed by atoms with Crippen LogP contribution in [0.3, 0.4) is 0 Å². The summed E-state index contributed by atoms with van der Waals surface area (Å²) in [6.45, 7) is 3.04. The topological polar surface area (TPSA) is 53.1 Å². The molecule has 0 aliphatic carbocycles. The van der Waals surface area contributed by atoms with Gasteiger partial charge in [0.05, 0.1) is 18.8 Å². The Morgan fingerprint density at radius 1 is 1.32 bits per heavy atom. The molecule has 0 radical (unpaired) electrons. The van der Waals surface area contributed by atoms with Gasteiger partial charge in [0.15, 0.2) is 0 Å². The molecule has 4 nitrogen and oxygen atoms in total. The Bertz CT molecular complexity index is 522. The number of hydrogen-bond acceptors (Lipinski definition) is 3. The van der Waals surface area contributed by atoms with Crippen molar-refractivity contribution in [1.29, 1.82) is 0 Å². The molecule has 0 saturated heterocycles. The molecule has 0 amide bonds. The van der Waals surface area contributed by atoms with Gasteiger partial charge in [-0.1, -0.05) is 25.1 Å². The van der Waals surface area contributed by atoms with Crippen molar-refractivity contribution >= 4 is 0 Å². The van der Waals surface area contributed by atoms with Gasteiger partial charge in [-0.15, -0.1) is 0 Å². The second kappa shape index (κ2) is 6.38. The maximum atomic E-state index is 6.31. The van der Waals surface area contributed by atoms with Gasteiger partial charge >= 0.3 is 0 Å². The van der Waals surface area contributed by atoms with Crippen LogP contribution in [-0.4, -0.2) is 16.9 Å². The van der Waals surface area contributed by atoms with E-state index < -0.39 is 0 Å². The van der Waals surface area contributed by atoms with Crippen molar-refractivity contribution in [2.45, 2.75) is 32.4 Å². The predicted octanol–water partition coefficient (Wildman–Crippen LogP) is 2.54. The molecule has 1 aromatic carbocycles. The fourth-order valence-corrected chi connectivity index (χ4v) is 2.27. The molecule has 0 bridgehead atoms. The van der Waals surface area contributed by atoms with Gasteiger partial charge in [0.1, 0.15) is 5.75 Å².